The number of carbonyl (C=O) groups excluding carboxylic acids is 1. The van der Waals surface area contributed by atoms with Gasteiger partial charge in [-0.25, -0.2) is 4.99 Å². The number of hydrogen-bond acceptors (Lipinski definition) is 6. The van der Waals surface area contributed by atoms with Crippen molar-refractivity contribution in [2.45, 2.75) is 30.9 Å². The lowest BCUT2D eigenvalue weighted by molar-refractivity contribution is -0.128. The molecule has 4 aromatic rings. The number of carbonyl (C=O) groups is 1. The molecule has 1 aliphatic rings. The van der Waals surface area contributed by atoms with Crippen molar-refractivity contribution in [2.24, 2.45) is 4.99 Å². The minimum absolute atomic E-state index is 0.0698. The maximum Gasteiger partial charge on any atom is 0.252 e. The number of amides is 1. The number of hydrogen-bond donors (Lipinski definition) is 2. The maximum absolute atomic E-state index is 14.4. The van der Waals surface area contributed by atoms with Gasteiger partial charge in [-0.2, -0.15) is 0 Å². The summed E-state index contributed by atoms with van der Waals surface area (Å²) >= 11 is 3.48. The minimum Gasteiger partial charge on any atom is -0.497 e. The molecular weight excluding hydrogens is 632 g/mol. The lowest BCUT2D eigenvalue weighted by Crippen LogP contribution is -2.48. The van der Waals surface area contributed by atoms with E-state index in [9.17, 15) is 4.79 Å². The lowest BCUT2D eigenvalue weighted by atomic mass is 9.84. The average Bonchev–Trinajstić information content (AvgIpc) is 3.47. The molecule has 1 aliphatic heterocycles. The molecule has 0 radical (unpaired) electrons. The zero-order valence-electron chi connectivity index (χ0n) is 25.2. The third-order valence-electron chi connectivity index (χ3n) is 7.58. The first kappa shape index (κ1) is 32.0. The Morgan fingerprint density at radius 1 is 1.00 bits per heavy atom. The van der Waals surface area contributed by atoms with Gasteiger partial charge in [0.15, 0.2) is 11.6 Å². The standard InChI is InChI=1S/C37H37BrN2O5/c1-43-33-12-5-11-30(26-33)34-37(22-6-10-27-8-3-2-4-9-27,36(42)39-23-21-28-13-17-31(38)18-14-28)40-35(45-34)29-15-19-32(20-16-29)44-25-7-24-41/h2-6,8-20,26,34,41H,7,21-25H2,1H3,(H,39,42)/b10-6+/t34-,37-/m1/s1. The van der Waals surface area contributed by atoms with Gasteiger partial charge in [0.1, 0.15) is 11.5 Å². The summed E-state index contributed by atoms with van der Waals surface area (Å²) in [5, 5.41) is 12.2. The minimum atomic E-state index is -1.29. The zero-order chi connectivity index (χ0) is 31.5. The molecular formula is C37H37BrN2O5. The van der Waals surface area contributed by atoms with Gasteiger partial charge in [-0.1, -0.05) is 82.7 Å². The third kappa shape index (κ3) is 8.21. The number of nitrogens with zero attached hydrogens (tertiary/aromatic N) is 1. The van der Waals surface area contributed by atoms with Gasteiger partial charge in [-0.05, 0) is 71.6 Å². The lowest BCUT2D eigenvalue weighted by Gasteiger charge is -2.30. The molecule has 0 aromatic heterocycles. The number of methoxy groups -OCH3 is 1. The Labute approximate surface area is 272 Å². The highest BCUT2D eigenvalue weighted by atomic mass is 79.9. The molecule has 0 saturated heterocycles. The Kier molecular flexibility index (Phi) is 11.1. The van der Waals surface area contributed by atoms with E-state index in [0.29, 0.717) is 49.8 Å². The predicted molar refractivity (Wildman–Crippen MR) is 181 cm³/mol. The van der Waals surface area contributed by atoms with Crippen LogP contribution in [0, 0.1) is 0 Å². The third-order valence-corrected chi connectivity index (χ3v) is 8.11. The molecule has 0 spiro atoms. The fourth-order valence-electron chi connectivity index (χ4n) is 5.18. The van der Waals surface area contributed by atoms with Crippen LogP contribution in [0.15, 0.2) is 119 Å². The number of halogens is 1. The number of aliphatic imine (C=N–C) groups is 1. The van der Waals surface area contributed by atoms with E-state index in [0.717, 1.165) is 26.7 Å². The van der Waals surface area contributed by atoms with E-state index in [1.165, 1.54) is 0 Å². The quantitative estimate of drug-likeness (QED) is 0.142. The molecule has 7 nitrogen and oxygen atoms in total. The molecule has 2 N–H and O–H groups in total. The summed E-state index contributed by atoms with van der Waals surface area (Å²) in [5.41, 5.74) is 2.38. The number of aliphatic hydroxyl groups excluding tert-OH is 1. The van der Waals surface area contributed by atoms with Crippen LogP contribution < -0.4 is 14.8 Å². The van der Waals surface area contributed by atoms with Crippen molar-refractivity contribution in [3.8, 4) is 11.5 Å². The fraction of sp³-hybridized carbons (Fsp3) is 0.243. The van der Waals surface area contributed by atoms with Crippen molar-refractivity contribution in [1.82, 2.24) is 5.32 Å². The highest BCUT2D eigenvalue weighted by Gasteiger charge is 2.52. The van der Waals surface area contributed by atoms with E-state index in [4.69, 9.17) is 24.3 Å². The first-order chi connectivity index (χ1) is 22.0. The van der Waals surface area contributed by atoms with E-state index in [2.05, 4.69) is 21.2 Å². The van der Waals surface area contributed by atoms with Gasteiger partial charge < -0.3 is 24.6 Å². The molecule has 0 bridgehead atoms. The summed E-state index contributed by atoms with van der Waals surface area (Å²) in [6, 6.07) is 33.1. The number of ether oxygens (including phenoxy) is 3. The highest BCUT2D eigenvalue weighted by Crippen LogP contribution is 2.43. The van der Waals surface area contributed by atoms with Gasteiger partial charge in [0, 0.05) is 36.0 Å². The SMILES string of the molecule is COc1cccc([C@H]2OC(c3ccc(OCCCO)cc3)=N[C@@]2(C/C=C/c2ccccc2)C(=O)NCCc2ccc(Br)cc2)c1. The van der Waals surface area contributed by atoms with Crippen molar-refractivity contribution < 1.29 is 24.1 Å². The Morgan fingerprint density at radius 3 is 2.51 bits per heavy atom. The van der Waals surface area contributed by atoms with Gasteiger partial charge in [0.25, 0.3) is 5.91 Å². The van der Waals surface area contributed by atoms with Gasteiger partial charge >= 0.3 is 0 Å². The highest BCUT2D eigenvalue weighted by molar-refractivity contribution is 9.10. The van der Waals surface area contributed by atoms with Crippen molar-refractivity contribution in [3.05, 3.63) is 136 Å². The first-order valence-corrected chi connectivity index (χ1v) is 15.8. The summed E-state index contributed by atoms with van der Waals surface area (Å²) in [7, 11) is 1.62. The summed E-state index contributed by atoms with van der Waals surface area (Å²) in [6.07, 6.45) is 4.82. The fourth-order valence-corrected chi connectivity index (χ4v) is 5.45. The van der Waals surface area contributed by atoms with Gasteiger partial charge in [0.05, 0.1) is 13.7 Å². The smallest absolute Gasteiger partial charge is 0.252 e. The number of rotatable bonds is 14. The monoisotopic (exact) mass is 668 g/mol. The summed E-state index contributed by atoms with van der Waals surface area (Å²) in [4.78, 5) is 19.4. The van der Waals surface area contributed by atoms with E-state index in [1.54, 1.807) is 7.11 Å². The Bertz CT molecular complexity index is 1610. The number of nitrogens with one attached hydrogen (secondary N) is 1. The van der Waals surface area contributed by atoms with Crippen molar-refractivity contribution >= 4 is 33.8 Å². The van der Waals surface area contributed by atoms with Crippen LogP contribution in [-0.2, 0) is 16.0 Å². The van der Waals surface area contributed by atoms with E-state index in [-0.39, 0.29) is 12.5 Å². The van der Waals surface area contributed by atoms with Gasteiger partial charge in [-0.3, -0.25) is 4.79 Å². The van der Waals surface area contributed by atoms with Crippen LogP contribution in [0.5, 0.6) is 11.5 Å². The molecule has 0 aliphatic carbocycles. The van der Waals surface area contributed by atoms with E-state index < -0.39 is 11.6 Å². The maximum atomic E-state index is 14.4. The van der Waals surface area contributed by atoms with Crippen LogP contribution in [0.4, 0.5) is 0 Å². The molecule has 0 unspecified atom stereocenters. The Balaban J connectivity index is 1.50. The van der Waals surface area contributed by atoms with Crippen molar-refractivity contribution in [3.63, 3.8) is 0 Å². The molecule has 45 heavy (non-hydrogen) atoms. The molecule has 232 valence electrons. The van der Waals surface area contributed by atoms with Crippen LogP contribution >= 0.6 is 15.9 Å². The van der Waals surface area contributed by atoms with Crippen molar-refractivity contribution in [2.75, 3.05) is 26.9 Å². The van der Waals surface area contributed by atoms with Crippen LogP contribution in [0.2, 0.25) is 0 Å². The van der Waals surface area contributed by atoms with Crippen LogP contribution in [-0.4, -0.2) is 49.3 Å². The zero-order valence-corrected chi connectivity index (χ0v) is 26.8. The summed E-state index contributed by atoms with van der Waals surface area (Å²) in [6.45, 7) is 0.934. The largest absolute Gasteiger partial charge is 0.497 e. The van der Waals surface area contributed by atoms with Crippen LogP contribution in [0.25, 0.3) is 6.08 Å². The van der Waals surface area contributed by atoms with Crippen LogP contribution in [0.3, 0.4) is 0 Å². The average molecular weight is 670 g/mol. The second-order valence-electron chi connectivity index (χ2n) is 10.7. The second kappa shape index (κ2) is 15.5. The second-order valence-corrected chi connectivity index (χ2v) is 11.6. The first-order valence-electron chi connectivity index (χ1n) is 15.0. The Morgan fingerprint density at radius 2 is 1.78 bits per heavy atom. The summed E-state index contributed by atoms with van der Waals surface area (Å²) in [5.74, 6) is 1.50. The van der Waals surface area contributed by atoms with E-state index in [1.807, 2.05) is 115 Å². The number of benzene rings is 4. The molecule has 4 aromatic carbocycles. The van der Waals surface area contributed by atoms with Gasteiger partial charge in [0.2, 0.25) is 5.90 Å². The normalized spacial score (nSPS) is 17.5. The molecule has 1 heterocycles. The van der Waals surface area contributed by atoms with Crippen molar-refractivity contribution in [1.29, 1.82) is 0 Å². The molecule has 8 heteroatoms. The molecule has 0 saturated carbocycles. The summed E-state index contributed by atoms with van der Waals surface area (Å²) < 4.78 is 18.9. The number of aliphatic hydroxyl groups is 1. The van der Waals surface area contributed by atoms with E-state index >= 15 is 0 Å². The molecule has 5 rings (SSSR count). The van der Waals surface area contributed by atoms with Gasteiger partial charge in [-0.15, -0.1) is 0 Å². The predicted octanol–water partition coefficient (Wildman–Crippen LogP) is 6.94. The topological polar surface area (TPSA) is 89.4 Å². The molecule has 0 fully saturated rings. The molecule has 2 atom stereocenters. The van der Waals surface area contributed by atoms with Crippen LogP contribution in [0.1, 0.15) is 41.2 Å². The Hall–Kier alpha value is -4.40. The molecule has 1 amide bonds.